The van der Waals surface area contributed by atoms with Crippen molar-refractivity contribution in [1.29, 1.82) is 0 Å². The molecule has 1 aliphatic heterocycles. The van der Waals surface area contributed by atoms with Gasteiger partial charge in [0, 0.05) is 24.5 Å². The third-order valence-electron chi connectivity index (χ3n) is 4.85. The normalized spacial score (nSPS) is 13.9. The summed E-state index contributed by atoms with van der Waals surface area (Å²) in [7, 11) is 0. The van der Waals surface area contributed by atoms with E-state index in [1.165, 1.54) is 30.5 Å². The van der Waals surface area contributed by atoms with Crippen LogP contribution in [0.25, 0.3) is 0 Å². The zero-order valence-electron chi connectivity index (χ0n) is 16.0. The summed E-state index contributed by atoms with van der Waals surface area (Å²) in [6.45, 7) is 5.24. The Morgan fingerprint density at radius 3 is 2.52 bits per heavy atom. The van der Waals surface area contributed by atoms with Crippen LogP contribution < -0.4 is 20.3 Å². The van der Waals surface area contributed by atoms with Gasteiger partial charge in [-0.3, -0.25) is 0 Å². The topological polar surface area (TPSA) is 53.6 Å². The lowest BCUT2D eigenvalue weighted by Crippen LogP contribution is -2.32. The fourth-order valence-electron chi connectivity index (χ4n) is 3.35. The minimum atomic E-state index is -0.215. The molecule has 1 aliphatic rings. The van der Waals surface area contributed by atoms with E-state index in [0.29, 0.717) is 13.2 Å². The van der Waals surface area contributed by atoms with Crippen molar-refractivity contribution in [3.63, 3.8) is 0 Å². The fourth-order valence-corrected chi connectivity index (χ4v) is 3.35. The summed E-state index contributed by atoms with van der Waals surface area (Å²) in [6.07, 6.45) is 4.77. The number of benzene rings is 2. The number of carbonyl (C=O) groups excluding carboxylic acids is 1. The molecule has 2 aromatic carbocycles. The summed E-state index contributed by atoms with van der Waals surface area (Å²) in [6, 6.07) is 15.8. The minimum Gasteiger partial charge on any atom is -0.491 e. The molecule has 1 heterocycles. The molecule has 1 saturated heterocycles. The van der Waals surface area contributed by atoms with Gasteiger partial charge in [0.15, 0.2) is 0 Å². The molecule has 0 unspecified atom stereocenters. The van der Waals surface area contributed by atoms with Gasteiger partial charge in [0.05, 0.1) is 6.54 Å². The third kappa shape index (κ3) is 5.64. The summed E-state index contributed by atoms with van der Waals surface area (Å²) in [5.74, 6) is 0.885. The average molecular weight is 367 g/mol. The van der Waals surface area contributed by atoms with E-state index in [4.69, 9.17) is 4.74 Å². The van der Waals surface area contributed by atoms with E-state index in [0.717, 1.165) is 30.9 Å². The highest BCUT2D eigenvalue weighted by atomic mass is 16.5. The second-order valence-corrected chi connectivity index (χ2v) is 6.79. The second kappa shape index (κ2) is 9.86. The Hall–Kier alpha value is -2.69. The molecule has 5 nitrogen and oxygen atoms in total. The van der Waals surface area contributed by atoms with Crippen molar-refractivity contribution in [1.82, 2.24) is 5.32 Å². The van der Waals surface area contributed by atoms with E-state index in [-0.39, 0.29) is 6.03 Å². The summed E-state index contributed by atoms with van der Waals surface area (Å²) in [4.78, 5) is 14.4. The van der Waals surface area contributed by atoms with Crippen LogP contribution in [0, 0.1) is 0 Å². The lowest BCUT2D eigenvalue weighted by Gasteiger charge is -2.28. The molecule has 0 aromatic heterocycles. The number of nitrogens with one attached hydrogen (secondary N) is 2. The average Bonchev–Trinajstić information content (AvgIpc) is 2.73. The summed E-state index contributed by atoms with van der Waals surface area (Å²) in [5, 5.41) is 5.70. The molecule has 0 aliphatic carbocycles. The number of hydrogen-bond donors (Lipinski definition) is 2. The van der Waals surface area contributed by atoms with Gasteiger partial charge in [-0.2, -0.15) is 0 Å². The smallest absolute Gasteiger partial charge is 0.319 e. The predicted octanol–water partition coefficient (Wildman–Crippen LogP) is 4.44. The molecule has 144 valence electrons. The maximum absolute atomic E-state index is 12.0. The third-order valence-corrected chi connectivity index (χ3v) is 4.85. The van der Waals surface area contributed by atoms with Gasteiger partial charge in [0.1, 0.15) is 12.4 Å². The number of rotatable bonds is 7. The Bertz CT molecular complexity index is 725. The maximum Gasteiger partial charge on any atom is 0.319 e. The van der Waals surface area contributed by atoms with Crippen molar-refractivity contribution >= 4 is 17.4 Å². The molecule has 2 aromatic rings. The molecule has 27 heavy (non-hydrogen) atoms. The van der Waals surface area contributed by atoms with Crippen molar-refractivity contribution in [2.45, 2.75) is 32.6 Å². The molecule has 1 fully saturated rings. The van der Waals surface area contributed by atoms with Gasteiger partial charge >= 0.3 is 6.03 Å². The van der Waals surface area contributed by atoms with Gasteiger partial charge in [-0.1, -0.05) is 25.1 Å². The number of urea groups is 1. The fraction of sp³-hybridized carbons (Fsp3) is 0.409. The highest BCUT2D eigenvalue weighted by Crippen LogP contribution is 2.21. The van der Waals surface area contributed by atoms with E-state index in [1.807, 2.05) is 30.3 Å². The lowest BCUT2D eigenvalue weighted by molar-refractivity contribution is 0.247. The van der Waals surface area contributed by atoms with Crippen molar-refractivity contribution < 1.29 is 9.53 Å². The molecular formula is C22H29N3O2. The van der Waals surface area contributed by atoms with Crippen molar-refractivity contribution in [3.8, 4) is 5.75 Å². The maximum atomic E-state index is 12.0. The number of aryl methyl sites for hydroxylation is 1. The number of anilines is 2. The second-order valence-electron chi connectivity index (χ2n) is 6.79. The largest absolute Gasteiger partial charge is 0.491 e. The lowest BCUT2D eigenvalue weighted by atomic mass is 10.1. The van der Waals surface area contributed by atoms with Crippen molar-refractivity contribution in [2.24, 2.45) is 0 Å². The summed E-state index contributed by atoms with van der Waals surface area (Å²) < 4.78 is 5.76. The number of piperidine rings is 1. The van der Waals surface area contributed by atoms with Crippen LogP contribution in [-0.2, 0) is 6.42 Å². The van der Waals surface area contributed by atoms with E-state index in [9.17, 15) is 4.79 Å². The SMILES string of the molecule is CCc1ccccc1OCCNC(=O)Nc1ccc(N2CCCCC2)cc1. The number of nitrogens with zero attached hydrogens (tertiary/aromatic N) is 1. The number of carbonyl (C=O) groups is 1. The van der Waals surface area contributed by atoms with Crippen LogP contribution in [0.2, 0.25) is 0 Å². The predicted molar refractivity (Wildman–Crippen MR) is 111 cm³/mol. The monoisotopic (exact) mass is 367 g/mol. The molecule has 0 bridgehead atoms. The van der Waals surface area contributed by atoms with Gasteiger partial charge < -0.3 is 20.3 Å². The van der Waals surface area contributed by atoms with Crippen LogP contribution in [0.3, 0.4) is 0 Å². The minimum absolute atomic E-state index is 0.215. The Labute approximate surface area is 161 Å². The summed E-state index contributed by atoms with van der Waals surface area (Å²) in [5.41, 5.74) is 3.20. The van der Waals surface area contributed by atoms with Gasteiger partial charge in [-0.05, 0) is 61.6 Å². The molecule has 3 rings (SSSR count). The molecule has 5 heteroatoms. The quantitative estimate of drug-likeness (QED) is 0.712. The van der Waals surface area contributed by atoms with Crippen LogP contribution in [0.1, 0.15) is 31.7 Å². The zero-order chi connectivity index (χ0) is 18.9. The number of ether oxygens (including phenoxy) is 1. The van der Waals surface area contributed by atoms with Crippen molar-refractivity contribution in [2.75, 3.05) is 36.5 Å². The van der Waals surface area contributed by atoms with E-state index in [2.05, 4.69) is 40.7 Å². The number of para-hydroxylation sites is 1. The molecule has 0 radical (unpaired) electrons. The van der Waals surface area contributed by atoms with E-state index >= 15 is 0 Å². The molecule has 0 saturated carbocycles. The number of amides is 2. The first kappa shape index (κ1) is 19.1. The van der Waals surface area contributed by atoms with E-state index < -0.39 is 0 Å². The van der Waals surface area contributed by atoms with Crippen molar-refractivity contribution in [3.05, 3.63) is 54.1 Å². The Balaban J connectivity index is 1.40. The van der Waals surface area contributed by atoms with E-state index in [1.54, 1.807) is 0 Å². The van der Waals surface area contributed by atoms with Crippen LogP contribution in [0.15, 0.2) is 48.5 Å². The molecule has 2 N–H and O–H groups in total. The molecule has 2 amide bonds. The highest BCUT2D eigenvalue weighted by molar-refractivity contribution is 5.89. The Morgan fingerprint density at radius 1 is 1.04 bits per heavy atom. The Morgan fingerprint density at radius 2 is 1.78 bits per heavy atom. The van der Waals surface area contributed by atoms with Gasteiger partial charge in [0.2, 0.25) is 0 Å². The van der Waals surface area contributed by atoms with Gasteiger partial charge in [0.25, 0.3) is 0 Å². The zero-order valence-corrected chi connectivity index (χ0v) is 16.0. The first-order valence-electron chi connectivity index (χ1n) is 9.87. The first-order valence-corrected chi connectivity index (χ1v) is 9.87. The highest BCUT2D eigenvalue weighted by Gasteiger charge is 2.10. The van der Waals surface area contributed by atoms with Gasteiger partial charge in [-0.25, -0.2) is 4.79 Å². The van der Waals surface area contributed by atoms with Gasteiger partial charge in [-0.15, -0.1) is 0 Å². The summed E-state index contributed by atoms with van der Waals surface area (Å²) >= 11 is 0. The molecule has 0 spiro atoms. The first-order chi connectivity index (χ1) is 13.3. The van der Waals surface area contributed by atoms with Crippen LogP contribution in [0.4, 0.5) is 16.2 Å². The Kier molecular flexibility index (Phi) is 6.97. The van der Waals surface area contributed by atoms with Crippen LogP contribution in [-0.4, -0.2) is 32.3 Å². The van der Waals surface area contributed by atoms with Crippen LogP contribution >= 0.6 is 0 Å². The standard InChI is InChI=1S/C22H29N3O2/c1-2-18-8-4-5-9-21(18)27-17-14-23-22(26)24-19-10-12-20(13-11-19)25-15-6-3-7-16-25/h4-5,8-13H,2-3,6-7,14-17H2,1H3,(H2,23,24,26). The molecular weight excluding hydrogens is 338 g/mol. The molecule has 0 atom stereocenters. The number of hydrogen-bond acceptors (Lipinski definition) is 3. The van der Waals surface area contributed by atoms with Crippen LogP contribution in [0.5, 0.6) is 5.75 Å².